The number of nitrogens with zero attached hydrogens (tertiary/aromatic N) is 1. The summed E-state index contributed by atoms with van der Waals surface area (Å²) < 4.78 is 11.2. The second kappa shape index (κ2) is 9.70. The van der Waals surface area contributed by atoms with Crippen LogP contribution in [0.3, 0.4) is 0 Å². The number of carbonyl (C=O) groups excluding carboxylic acids is 2. The number of benzene rings is 2. The molecular weight excluding hydrogens is 448 g/mol. The Bertz CT molecular complexity index is 1090. The molecule has 0 bridgehead atoms. The van der Waals surface area contributed by atoms with Crippen LogP contribution in [0.5, 0.6) is 0 Å². The number of carboxylic acid groups (broad SMARTS) is 1. The third-order valence-corrected chi connectivity index (χ3v) is 7.48. The number of ether oxygens (including phenoxy) is 2. The molecule has 35 heavy (non-hydrogen) atoms. The summed E-state index contributed by atoms with van der Waals surface area (Å²) in [4.78, 5) is 39.0. The smallest absolute Gasteiger partial charge is 0.407 e. The van der Waals surface area contributed by atoms with Crippen LogP contribution < -0.4 is 5.32 Å². The van der Waals surface area contributed by atoms with Gasteiger partial charge in [0.05, 0.1) is 12.1 Å². The van der Waals surface area contributed by atoms with E-state index < -0.39 is 24.1 Å². The number of rotatable bonds is 7. The molecule has 0 spiro atoms. The van der Waals surface area contributed by atoms with Gasteiger partial charge < -0.3 is 24.8 Å². The fourth-order valence-electron chi connectivity index (χ4n) is 5.74. The van der Waals surface area contributed by atoms with E-state index in [1.807, 2.05) is 31.2 Å². The van der Waals surface area contributed by atoms with E-state index in [4.69, 9.17) is 9.47 Å². The normalized spacial score (nSPS) is 23.3. The van der Waals surface area contributed by atoms with Gasteiger partial charge in [0.1, 0.15) is 12.6 Å². The number of likely N-dealkylation sites (tertiary alicyclic amines) is 1. The Morgan fingerprint density at radius 2 is 1.77 bits per heavy atom. The molecule has 4 atom stereocenters. The van der Waals surface area contributed by atoms with Gasteiger partial charge >= 0.3 is 12.1 Å². The second-order valence-corrected chi connectivity index (χ2v) is 9.44. The summed E-state index contributed by atoms with van der Waals surface area (Å²) in [6.07, 6.45) is 0.680. The van der Waals surface area contributed by atoms with Gasteiger partial charge in [0.15, 0.2) is 0 Å². The molecule has 2 amide bonds. The third-order valence-electron chi connectivity index (χ3n) is 7.48. The van der Waals surface area contributed by atoms with Gasteiger partial charge in [-0.05, 0) is 35.1 Å². The topological polar surface area (TPSA) is 105 Å². The number of amides is 2. The second-order valence-electron chi connectivity index (χ2n) is 9.44. The number of nitrogens with one attached hydrogen (secondary N) is 1. The molecule has 0 aromatic heterocycles. The average Bonchev–Trinajstić information content (AvgIpc) is 3.54. The molecule has 184 valence electrons. The Balaban J connectivity index is 1.20. The summed E-state index contributed by atoms with van der Waals surface area (Å²) >= 11 is 0. The molecule has 3 aliphatic rings. The molecule has 8 nitrogen and oxygen atoms in total. The number of carboxylic acids is 1. The van der Waals surface area contributed by atoms with Gasteiger partial charge in [-0.3, -0.25) is 4.79 Å². The van der Waals surface area contributed by atoms with Crippen LogP contribution >= 0.6 is 0 Å². The van der Waals surface area contributed by atoms with E-state index in [0.717, 1.165) is 22.3 Å². The minimum atomic E-state index is -1.02. The fourth-order valence-corrected chi connectivity index (χ4v) is 5.74. The Morgan fingerprint density at radius 3 is 2.40 bits per heavy atom. The van der Waals surface area contributed by atoms with Crippen LogP contribution in [0, 0.1) is 0 Å². The van der Waals surface area contributed by atoms with Crippen molar-refractivity contribution >= 4 is 18.0 Å². The lowest BCUT2D eigenvalue weighted by molar-refractivity contribution is -0.149. The van der Waals surface area contributed by atoms with E-state index in [2.05, 4.69) is 29.6 Å². The molecule has 5 rings (SSSR count). The van der Waals surface area contributed by atoms with Gasteiger partial charge in [-0.1, -0.05) is 55.5 Å². The van der Waals surface area contributed by atoms with E-state index in [9.17, 15) is 19.5 Å². The van der Waals surface area contributed by atoms with Crippen molar-refractivity contribution in [3.05, 3.63) is 59.7 Å². The van der Waals surface area contributed by atoms with Crippen molar-refractivity contribution in [3.63, 3.8) is 0 Å². The first-order chi connectivity index (χ1) is 17.0. The highest BCUT2D eigenvalue weighted by Crippen LogP contribution is 2.44. The highest BCUT2D eigenvalue weighted by molar-refractivity contribution is 5.85. The van der Waals surface area contributed by atoms with Crippen LogP contribution in [0.2, 0.25) is 0 Å². The summed E-state index contributed by atoms with van der Waals surface area (Å²) in [5.74, 6) is -1.34. The molecule has 0 radical (unpaired) electrons. The molecule has 2 aromatic carbocycles. The Morgan fingerprint density at radius 1 is 1.11 bits per heavy atom. The van der Waals surface area contributed by atoms with Gasteiger partial charge in [-0.25, -0.2) is 9.59 Å². The van der Waals surface area contributed by atoms with E-state index in [1.165, 1.54) is 4.90 Å². The minimum Gasteiger partial charge on any atom is -0.480 e. The van der Waals surface area contributed by atoms with Gasteiger partial charge in [0.2, 0.25) is 5.91 Å². The summed E-state index contributed by atoms with van der Waals surface area (Å²) in [6, 6.07) is 14.7. The van der Waals surface area contributed by atoms with Crippen LogP contribution in [0.25, 0.3) is 11.1 Å². The van der Waals surface area contributed by atoms with Crippen molar-refractivity contribution < 1.29 is 29.0 Å². The van der Waals surface area contributed by atoms with Gasteiger partial charge in [0.25, 0.3) is 0 Å². The molecular formula is C27H30N2O6. The predicted octanol–water partition coefficient (Wildman–Crippen LogP) is 3.54. The summed E-state index contributed by atoms with van der Waals surface area (Å²) in [5, 5.41) is 12.4. The molecule has 1 aliphatic carbocycles. The third kappa shape index (κ3) is 4.38. The predicted molar refractivity (Wildman–Crippen MR) is 128 cm³/mol. The first-order valence-electron chi connectivity index (χ1n) is 12.2. The van der Waals surface area contributed by atoms with Crippen LogP contribution in [0.15, 0.2) is 48.5 Å². The van der Waals surface area contributed by atoms with E-state index in [1.54, 1.807) is 0 Å². The first kappa shape index (κ1) is 23.4. The molecule has 1 unspecified atom stereocenters. The highest BCUT2D eigenvalue weighted by Gasteiger charge is 2.49. The quantitative estimate of drug-likeness (QED) is 0.631. The maximum Gasteiger partial charge on any atom is 0.407 e. The zero-order valence-electron chi connectivity index (χ0n) is 19.7. The zero-order chi connectivity index (χ0) is 24.5. The summed E-state index contributed by atoms with van der Waals surface area (Å²) in [7, 11) is 0. The number of aliphatic carboxylic acids is 1. The minimum absolute atomic E-state index is 0.0215. The lowest BCUT2D eigenvalue weighted by Gasteiger charge is -2.28. The molecule has 2 N–H and O–H groups in total. The highest BCUT2D eigenvalue weighted by atomic mass is 16.5. The number of carbonyl (C=O) groups is 3. The molecule has 2 saturated heterocycles. The van der Waals surface area contributed by atoms with Crippen molar-refractivity contribution in [1.29, 1.82) is 0 Å². The van der Waals surface area contributed by atoms with Crippen molar-refractivity contribution in [1.82, 2.24) is 10.2 Å². The maximum absolute atomic E-state index is 13.1. The molecule has 8 heteroatoms. The molecule has 0 saturated carbocycles. The summed E-state index contributed by atoms with van der Waals surface area (Å²) in [5.41, 5.74) is 4.57. The van der Waals surface area contributed by atoms with Gasteiger partial charge in [0, 0.05) is 31.4 Å². The first-order valence-corrected chi connectivity index (χ1v) is 12.2. The average molecular weight is 479 g/mol. The van der Waals surface area contributed by atoms with Crippen LogP contribution in [-0.4, -0.2) is 65.4 Å². The lowest BCUT2D eigenvalue weighted by atomic mass is 9.98. The molecule has 2 aromatic rings. The van der Waals surface area contributed by atoms with Gasteiger partial charge in [-0.2, -0.15) is 0 Å². The monoisotopic (exact) mass is 478 g/mol. The van der Waals surface area contributed by atoms with Crippen molar-refractivity contribution in [2.75, 3.05) is 13.2 Å². The Labute approximate surface area is 204 Å². The van der Waals surface area contributed by atoms with Crippen molar-refractivity contribution in [2.45, 2.75) is 62.8 Å². The number of fused-ring (bicyclic) bond motifs is 4. The number of hydrogen-bond donors (Lipinski definition) is 2. The van der Waals surface area contributed by atoms with Crippen molar-refractivity contribution in [2.24, 2.45) is 0 Å². The van der Waals surface area contributed by atoms with Crippen LogP contribution in [0.4, 0.5) is 4.79 Å². The molecule has 2 aliphatic heterocycles. The zero-order valence-corrected chi connectivity index (χ0v) is 19.7. The SMILES string of the molecule is CC[C@H](CC(=O)N1C(C(=O)O)C[C@H]2OCC[C@H]21)NC(=O)OCC1c2ccccc2-c2ccccc21. The Kier molecular flexibility index (Phi) is 6.47. The van der Waals surface area contributed by atoms with Crippen LogP contribution in [-0.2, 0) is 19.1 Å². The van der Waals surface area contributed by atoms with E-state index >= 15 is 0 Å². The standard InChI is InChI=1S/C27H30N2O6/c1-2-16(13-25(30)29-22-11-12-34-24(22)14-23(29)26(31)32)28-27(33)35-15-21-19-9-5-3-7-17(19)18-8-4-6-10-20(18)21/h3-10,16,21-24H,2,11-15H2,1H3,(H,28,33)(H,31,32)/t16-,22-,23?,24-/m1/s1. The van der Waals surface area contributed by atoms with Crippen LogP contribution in [0.1, 0.15) is 49.7 Å². The molecule has 2 heterocycles. The van der Waals surface area contributed by atoms with E-state index in [0.29, 0.717) is 25.9 Å². The Hall–Kier alpha value is -3.39. The lowest BCUT2D eigenvalue weighted by Crippen LogP contribution is -2.48. The largest absolute Gasteiger partial charge is 0.480 e. The fraction of sp³-hybridized carbons (Fsp3) is 0.444. The van der Waals surface area contributed by atoms with Gasteiger partial charge in [-0.15, -0.1) is 0 Å². The number of hydrogen-bond acceptors (Lipinski definition) is 5. The summed E-state index contributed by atoms with van der Waals surface area (Å²) in [6.45, 7) is 2.60. The molecule has 2 fully saturated rings. The van der Waals surface area contributed by atoms with Crippen molar-refractivity contribution in [3.8, 4) is 11.1 Å². The van der Waals surface area contributed by atoms with E-state index in [-0.39, 0.29) is 37.0 Å². The number of alkyl carbamates (subject to hydrolysis) is 1. The maximum atomic E-state index is 13.1.